The van der Waals surface area contributed by atoms with Gasteiger partial charge in [-0.3, -0.25) is 4.79 Å². The van der Waals surface area contributed by atoms with Crippen molar-refractivity contribution in [1.29, 1.82) is 0 Å². The van der Waals surface area contributed by atoms with E-state index in [1.165, 1.54) is 16.3 Å². The van der Waals surface area contributed by atoms with Crippen molar-refractivity contribution < 1.29 is 9.18 Å². The molecule has 3 aromatic carbocycles. The fourth-order valence-corrected chi connectivity index (χ4v) is 4.26. The Hall–Kier alpha value is -2.72. The average molecular weight is 360 g/mol. The molecule has 0 spiro atoms. The third-order valence-electron chi connectivity index (χ3n) is 5.82. The molecule has 5 rings (SSSR count). The molecule has 2 N–H and O–H groups in total. The van der Waals surface area contributed by atoms with Gasteiger partial charge in [0, 0.05) is 12.5 Å². The summed E-state index contributed by atoms with van der Waals surface area (Å²) in [6.45, 7) is 1.46. The average Bonchev–Trinajstić information content (AvgIpc) is 3.51. The number of hydrogen-bond acceptors (Lipinski definition) is 2. The van der Waals surface area contributed by atoms with E-state index >= 15 is 0 Å². The number of anilines is 1. The van der Waals surface area contributed by atoms with Crippen molar-refractivity contribution in [1.82, 2.24) is 5.32 Å². The minimum absolute atomic E-state index is 0.0827. The van der Waals surface area contributed by atoms with Crippen molar-refractivity contribution in [2.24, 2.45) is 5.92 Å². The van der Waals surface area contributed by atoms with Crippen molar-refractivity contribution in [3.05, 3.63) is 77.1 Å². The highest BCUT2D eigenvalue weighted by Gasteiger charge is 2.44. The number of nitrogens with one attached hydrogen (secondary N) is 2. The summed E-state index contributed by atoms with van der Waals surface area (Å²) in [5.74, 6) is -0.237. The predicted molar refractivity (Wildman–Crippen MR) is 105 cm³/mol. The lowest BCUT2D eigenvalue weighted by Gasteiger charge is -2.19. The standard InChI is InChI=1S/C23H21FN2O/c24-22-17-10-11-25-13-15(17)8-9-21(22)26-23(27)20-12-19(20)18-7-3-5-14-4-1-2-6-16(14)18/h1-9,19-20,25H,10-13H2,(H,26,27). The minimum atomic E-state index is -0.273. The molecular weight excluding hydrogens is 339 g/mol. The first-order chi connectivity index (χ1) is 13.2. The summed E-state index contributed by atoms with van der Waals surface area (Å²) >= 11 is 0. The molecule has 3 aromatic rings. The van der Waals surface area contributed by atoms with Crippen LogP contribution in [0, 0.1) is 11.7 Å². The molecule has 0 radical (unpaired) electrons. The van der Waals surface area contributed by atoms with Crippen LogP contribution in [0.15, 0.2) is 54.6 Å². The van der Waals surface area contributed by atoms with Gasteiger partial charge in [0.2, 0.25) is 5.91 Å². The molecular formula is C23H21FN2O. The second kappa shape index (κ2) is 6.46. The lowest BCUT2D eigenvalue weighted by molar-refractivity contribution is -0.117. The zero-order chi connectivity index (χ0) is 18.4. The molecule has 1 saturated carbocycles. The van der Waals surface area contributed by atoms with Crippen molar-refractivity contribution >= 4 is 22.4 Å². The van der Waals surface area contributed by atoms with Crippen molar-refractivity contribution in [3.63, 3.8) is 0 Å². The Kier molecular flexibility index (Phi) is 3.94. The summed E-state index contributed by atoms with van der Waals surface area (Å²) in [7, 11) is 0. The molecule has 1 aliphatic carbocycles. The van der Waals surface area contributed by atoms with Gasteiger partial charge in [-0.25, -0.2) is 4.39 Å². The van der Waals surface area contributed by atoms with Crippen LogP contribution in [0.2, 0.25) is 0 Å². The first-order valence-electron chi connectivity index (χ1n) is 9.52. The Morgan fingerprint density at radius 1 is 1.07 bits per heavy atom. The molecule has 1 fully saturated rings. The minimum Gasteiger partial charge on any atom is -0.323 e. The molecule has 4 heteroatoms. The Labute approximate surface area is 157 Å². The van der Waals surface area contributed by atoms with Crippen LogP contribution in [0.25, 0.3) is 10.8 Å². The molecule has 1 amide bonds. The number of benzene rings is 3. The Morgan fingerprint density at radius 3 is 2.85 bits per heavy atom. The molecule has 1 heterocycles. The number of halogens is 1. The first kappa shape index (κ1) is 16.5. The third-order valence-corrected chi connectivity index (χ3v) is 5.82. The Bertz CT molecular complexity index is 1040. The highest BCUT2D eigenvalue weighted by Crippen LogP contribution is 2.50. The SMILES string of the molecule is O=C(Nc1ccc2c(c1F)CCNC2)C1CC1c1cccc2ccccc12. The Balaban J connectivity index is 1.36. The van der Waals surface area contributed by atoms with E-state index in [0.717, 1.165) is 24.1 Å². The van der Waals surface area contributed by atoms with E-state index in [1.54, 1.807) is 6.07 Å². The van der Waals surface area contributed by atoms with Gasteiger partial charge in [-0.05, 0) is 58.8 Å². The van der Waals surface area contributed by atoms with E-state index in [2.05, 4.69) is 34.9 Å². The van der Waals surface area contributed by atoms with Crippen LogP contribution >= 0.6 is 0 Å². The molecule has 0 bridgehead atoms. The van der Waals surface area contributed by atoms with Crippen LogP contribution in [-0.4, -0.2) is 12.5 Å². The van der Waals surface area contributed by atoms with E-state index in [-0.39, 0.29) is 23.6 Å². The summed E-state index contributed by atoms with van der Waals surface area (Å²) in [6, 6.07) is 18.1. The van der Waals surface area contributed by atoms with Gasteiger partial charge in [0.05, 0.1) is 5.69 Å². The lowest BCUT2D eigenvalue weighted by Crippen LogP contribution is -2.25. The van der Waals surface area contributed by atoms with Gasteiger partial charge in [0.15, 0.2) is 0 Å². The van der Waals surface area contributed by atoms with Gasteiger partial charge in [-0.2, -0.15) is 0 Å². The number of rotatable bonds is 3. The van der Waals surface area contributed by atoms with E-state index in [1.807, 2.05) is 24.3 Å². The second-order valence-corrected chi connectivity index (χ2v) is 7.50. The van der Waals surface area contributed by atoms with E-state index < -0.39 is 0 Å². The van der Waals surface area contributed by atoms with E-state index in [9.17, 15) is 9.18 Å². The second-order valence-electron chi connectivity index (χ2n) is 7.50. The zero-order valence-corrected chi connectivity index (χ0v) is 15.0. The van der Waals surface area contributed by atoms with Crippen molar-refractivity contribution in [2.45, 2.75) is 25.3 Å². The quantitative estimate of drug-likeness (QED) is 0.728. The molecule has 27 heavy (non-hydrogen) atoms. The summed E-state index contributed by atoms with van der Waals surface area (Å²) in [5.41, 5.74) is 3.24. The molecule has 0 aromatic heterocycles. The molecule has 0 saturated heterocycles. The molecule has 2 atom stereocenters. The lowest BCUT2D eigenvalue weighted by atomic mass is 9.99. The number of carbonyl (C=O) groups is 1. The maximum Gasteiger partial charge on any atom is 0.228 e. The molecule has 1 aliphatic heterocycles. The van der Waals surface area contributed by atoms with Crippen molar-refractivity contribution in [3.8, 4) is 0 Å². The molecule has 2 unspecified atom stereocenters. The molecule has 2 aliphatic rings. The predicted octanol–water partition coefficient (Wildman–Crippen LogP) is 4.37. The van der Waals surface area contributed by atoms with Crippen LogP contribution < -0.4 is 10.6 Å². The normalized spacial score (nSPS) is 20.9. The van der Waals surface area contributed by atoms with Crippen LogP contribution in [0.5, 0.6) is 0 Å². The molecule has 136 valence electrons. The molecule has 3 nitrogen and oxygen atoms in total. The number of amides is 1. The van der Waals surface area contributed by atoms with Crippen LogP contribution in [0.4, 0.5) is 10.1 Å². The van der Waals surface area contributed by atoms with Crippen LogP contribution in [0.1, 0.15) is 29.0 Å². The smallest absolute Gasteiger partial charge is 0.228 e. The number of carbonyl (C=O) groups excluding carboxylic acids is 1. The summed E-state index contributed by atoms with van der Waals surface area (Å²) in [4.78, 5) is 12.7. The monoisotopic (exact) mass is 360 g/mol. The maximum absolute atomic E-state index is 14.8. The highest BCUT2D eigenvalue weighted by atomic mass is 19.1. The van der Waals surface area contributed by atoms with Gasteiger partial charge < -0.3 is 10.6 Å². The first-order valence-corrected chi connectivity index (χ1v) is 9.52. The number of hydrogen-bond donors (Lipinski definition) is 2. The van der Waals surface area contributed by atoms with Gasteiger partial charge >= 0.3 is 0 Å². The van der Waals surface area contributed by atoms with Gasteiger partial charge in [0.25, 0.3) is 0 Å². The largest absolute Gasteiger partial charge is 0.323 e. The van der Waals surface area contributed by atoms with E-state index in [4.69, 9.17) is 0 Å². The van der Waals surface area contributed by atoms with Crippen LogP contribution in [-0.2, 0) is 17.8 Å². The zero-order valence-electron chi connectivity index (χ0n) is 15.0. The maximum atomic E-state index is 14.8. The fraction of sp³-hybridized carbons (Fsp3) is 0.261. The fourth-order valence-electron chi connectivity index (χ4n) is 4.26. The highest BCUT2D eigenvalue weighted by molar-refractivity contribution is 5.97. The summed E-state index contributed by atoms with van der Waals surface area (Å²) in [6.07, 6.45) is 1.48. The topological polar surface area (TPSA) is 41.1 Å². The van der Waals surface area contributed by atoms with Gasteiger partial charge in [-0.15, -0.1) is 0 Å². The van der Waals surface area contributed by atoms with Gasteiger partial charge in [-0.1, -0.05) is 48.5 Å². The number of fused-ring (bicyclic) bond motifs is 2. The van der Waals surface area contributed by atoms with Gasteiger partial charge in [0.1, 0.15) is 5.82 Å². The van der Waals surface area contributed by atoms with Crippen LogP contribution in [0.3, 0.4) is 0 Å². The summed E-state index contributed by atoms with van der Waals surface area (Å²) in [5, 5.41) is 8.47. The third kappa shape index (κ3) is 2.90. The Morgan fingerprint density at radius 2 is 1.93 bits per heavy atom. The van der Waals surface area contributed by atoms with E-state index in [0.29, 0.717) is 18.7 Å². The van der Waals surface area contributed by atoms with Crippen molar-refractivity contribution in [2.75, 3.05) is 11.9 Å². The summed E-state index contributed by atoms with van der Waals surface area (Å²) < 4.78 is 14.8.